The molecular formula is C16H14N2O. The molecule has 94 valence electrons. The van der Waals surface area contributed by atoms with Crippen molar-refractivity contribution in [2.24, 2.45) is 0 Å². The number of phenolic OH excluding ortho intramolecular Hbond substituents is 1. The number of hydrogen-bond acceptors (Lipinski definition) is 3. The molecule has 19 heavy (non-hydrogen) atoms. The number of anilines is 1. The van der Waals surface area contributed by atoms with Gasteiger partial charge in [0.15, 0.2) is 0 Å². The first-order chi connectivity index (χ1) is 9.34. The number of benzene rings is 2. The monoisotopic (exact) mass is 250 g/mol. The number of fused-ring (bicyclic) bond motifs is 1. The van der Waals surface area contributed by atoms with Gasteiger partial charge in [0.2, 0.25) is 0 Å². The van der Waals surface area contributed by atoms with E-state index in [9.17, 15) is 5.11 Å². The van der Waals surface area contributed by atoms with Crippen LogP contribution >= 0.6 is 0 Å². The Hall–Kier alpha value is -2.55. The van der Waals surface area contributed by atoms with E-state index in [1.807, 2.05) is 54.6 Å². The summed E-state index contributed by atoms with van der Waals surface area (Å²) in [5.41, 5.74) is 2.52. The highest BCUT2D eigenvalue weighted by atomic mass is 16.3. The molecule has 0 radical (unpaired) electrons. The minimum Gasteiger partial charge on any atom is -0.505 e. The van der Waals surface area contributed by atoms with Gasteiger partial charge in [0, 0.05) is 29.4 Å². The van der Waals surface area contributed by atoms with Crippen LogP contribution in [0.4, 0.5) is 5.69 Å². The zero-order valence-electron chi connectivity index (χ0n) is 10.4. The van der Waals surface area contributed by atoms with Gasteiger partial charge < -0.3 is 10.4 Å². The Morgan fingerprint density at radius 2 is 1.79 bits per heavy atom. The molecule has 3 rings (SSSR count). The van der Waals surface area contributed by atoms with E-state index in [1.54, 1.807) is 6.20 Å². The number of hydrogen-bond donors (Lipinski definition) is 2. The lowest BCUT2D eigenvalue weighted by molar-refractivity contribution is 0.474. The zero-order valence-corrected chi connectivity index (χ0v) is 10.4. The SMILES string of the molecule is Oc1c(CNc2ccccc2)ccc2cccnc12. The van der Waals surface area contributed by atoms with E-state index in [2.05, 4.69) is 10.3 Å². The summed E-state index contributed by atoms with van der Waals surface area (Å²) in [5, 5.41) is 14.5. The van der Waals surface area contributed by atoms with Gasteiger partial charge in [0.05, 0.1) is 0 Å². The Morgan fingerprint density at radius 3 is 2.63 bits per heavy atom. The molecule has 0 amide bonds. The smallest absolute Gasteiger partial charge is 0.146 e. The minimum atomic E-state index is 0.251. The van der Waals surface area contributed by atoms with Gasteiger partial charge in [-0.15, -0.1) is 0 Å². The van der Waals surface area contributed by atoms with Gasteiger partial charge >= 0.3 is 0 Å². The van der Waals surface area contributed by atoms with Crippen LogP contribution in [0.2, 0.25) is 0 Å². The molecule has 0 atom stereocenters. The molecule has 3 nitrogen and oxygen atoms in total. The number of aromatic nitrogens is 1. The number of nitrogens with one attached hydrogen (secondary N) is 1. The molecule has 2 aromatic carbocycles. The summed E-state index contributed by atoms with van der Waals surface area (Å²) < 4.78 is 0. The lowest BCUT2D eigenvalue weighted by Crippen LogP contribution is -1.99. The Kier molecular flexibility index (Phi) is 3.02. The molecule has 3 heteroatoms. The fraction of sp³-hybridized carbons (Fsp3) is 0.0625. The van der Waals surface area contributed by atoms with Crippen molar-refractivity contribution in [2.45, 2.75) is 6.54 Å². The first kappa shape index (κ1) is 11.5. The molecule has 0 unspecified atom stereocenters. The summed E-state index contributed by atoms with van der Waals surface area (Å²) in [4.78, 5) is 4.22. The summed E-state index contributed by atoms with van der Waals surface area (Å²) >= 11 is 0. The Balaban J connectivity index is 1.87. The molecule has 3 aromatic rings. The maximum atomic E-state index is 10.2. The van der Waals surface area contributed by atoms with Gasteiger partial charge in [0.25, 0.3) is 0 Å². The fourth-order valence-corrected chi connectivity index (χ4v) is 2.07. The van der Waals surface area contributed by atoms with Crippen molar-refractivity contribution in [2.75, 3.05) is 5.32 Å². The summed E-state index contributed by atoms with van der Waals surface area (Å²) in [5.74, 6) is 0.251. The minimum absolute atomic E-state index is 0.251. The van der Waals surface area contributed by atoms with Crippen molar-refractivity contribution in [3.63, 3.8) is 0 Å². The van der Waals surface area contributed by atoms with Crippen LogP contribution in [0, 0.1) is 0 Å². The molecule has 0 fully saturated rings. The Labute approximate surface area is 111 Å². The fourth-order valence-electron chi connectivity index (χ4n) is 2.07. The van der Waals surface area contributed by atoms with Crippen LogP contribution < -0.4 is 5.32 Å². The highest BCUT2D eigenvalue weighted by molar-refractivity contribution is 5.85. The number of nitrogens with zero attached hydrogens (tertiary/aromatic N) is 1. The lowest BCUT2D eigenvalue weighted by Gasteiger charge is -2.09. The van der Waals surface area contributed by atoms with Crippen LogP contribution in [0.5, 0.6) is 5.75 Å². The highest BCUT2D eigenvalue weighted by Crippen LogP contribution is 2.27. The number of phenols is 1. The van der Waals surface area contributed by atoms with Crippen LogP contribution in [-0.4, -0.2) is 10.1 Å². The second-order valence-electron chi connectivity index (χ2n) is 4.37. The molecule has 2 N–H and O–H groups in total. The number of para-hydroxylation sites is 1. The topological polar surface area (TPSA) is 45.1 Å². The summed E-state index contributed by atoms with van der Waals surface area (Å²) in [6.45, 7) is 0.572. The van der Waals surface area contributed by atoms with Crippen molar-refractivity contribution in [3.8, 4) is 5.75 Å². The average molecular weight is 250 g/mol. The highest BCUT2D eigenvalue weighted by Gasteiger charge is 2.06. The van der Waals surface area contributed by atoms with E-state index in [0.717, 1.165) is 16.6 Å². The summed E-state index contributed by atoms with van der Waals surface area (Å²) in [6, 6.07) is 17.6. The first-order valence-corrected chi connectivity index (χ1v) is 6.19. The predicted molar refractivity (Wildman–Crippen MR) is 77.2 cm³/mol. The third-order valence-corrected chi connectivity index (χ3v) is 3.09. The molecule has 0 bridgehead atoms. The zero-order chi connectivity index (χ0) is 13.1. The van der Waals surface area contributed by atoms with Gasteiger partial charge in [-0.3, -0.25) is 4.98 Å². The molecule has 1 heterocycles. The molecule has 1 aromatic heterocycles. The molecular weight excluding hydrogens is 236 g/mol. The van der Waals surface area contributed by atoms with Crippen LogP contribution in [0.25, 0.3) is 10.9 Å². The van der Waals surface area contributed by atoms with Crippen LogP contribution in [0.15, 0.2) is 60.8 Å². The second kappa shape index (κ2) is 4.98. The van der Waals surface area contributed by atoms with Crippen molar-refractivity contribution in [3.05, 3.63) is 66.4 Å². The first-order valence-electron chi connectivity index (χ1n) is 6.19. The van der Waals surface area contributed by atoms with Gasteiger partial charge in [0.1, 0.15) is 11.3 Å². The van der Waals surface area contributed by atoms with Gasteiger partial charge in [-0.2, -0.15) is 0 Å². The third kappa shape index (κ3) is 2.36. The predicted octanol–water partition coefficient (Wildman–Crippen LogP) is 3.55. The molecule has 0 spiro atoms. The molecule has 0 saturated carbocycles. The number of pyridine rings is 1. The molecule has 0 aliphatic rings. The van der Waals surface area contributed by atoms with Crippen LogP contribution in [-0.2, 0) is 6.54 Å². The second-order valence-corrected chi connectivity index (χ2v) is 4.37. The normalized spacial score (nSPS) is 10.5. The van der Waals surface area contributed by atoms with E-state index < -0.39 is 0 Å². The number of aromatic hydroxyl groups is 1. The largest absolute Gasteiger partial charge is 0.505 e. The van der Waals surface area contributed by atoms with Gasteiger partial charge in [-0.1, -0.05) is 36.4 Å². The summed E-state index contributed by atoms with van der Waals surface area (Å²) in [7, 11) is 0. The van der Waals surface area contributed by atoms with E-state index >= 15 is 0 Å². The van der Waals surface area contributed by atoms with E-state index in [4.69, 9.17) is 0 Å². The molecule has 0 aliphatic carbocycles. The van der Waals surface area contributed by atoms with Crippen molar-refractivity contribution in [1.29, 1.82) is 0 Å². The Bertz CT molecular complexity index is 695. The maximum absolute atomic E-state index is 10.2. The third-order valence-electron chi connectivity index (χ3n) is 3.09. The van der Waals surface area contributed by atoms with Crippen molar-refractivity contribution < 1.29 is 5.11 Å². The maximum Gasteiger partial charge on any atom is 0.146 e. The summed E-state index contributed by atoms with van der Waals surface area (Å²) in [6.07, 6.45) is 1.69. The number of rotatable bonds is 3. The lowest BCUT2D eigenvalue weighted by atomic mass is 10.1. The van der Waals surface area contributed by atoms with E-state index in [0.29, 0.717) is 12.1 Å². The molecule has 0 saturated heterocycles. The van der Waals surface area contributed by atoms with Gasteiger partial charge in [-0.05, 0) is 18.2 Å². The van der Waals surface area contributed by atoms with E-state index in [-0.39, 0.29) is 5.75 Å². The van der Waals surface area contributed by atoms with Crippen molar-refractivity contribution >= 4 is 16.6 Å². The van der Waals surface area contributed by atoms with Crippen molar-refractivity contribution in [1.82, 2.24) is 4.98 Å². The molecule has 0 aliphatic heterocycles. The average Bonchev–Trinajstić information content (AvgIpc) is 2.48. The van der Waals surface area contributed by atoms with Crippen LogP contribution in [0.3, 0.4) is 0 Å². The Morgan fingerprint density at radius 1 is 0.947 bits per heavy atom. The van der Waals surface area contributed by atoms with E-state index in [1.165, 1.54) is 0 Å². The quantitative estimate of drug-likeness (QED) is 0.747. The van der Waals surface area contributed by atoms with Gasteiger partial charge in [-0.25, -0.2) is 0 Å². The standard InChI is InChI=1S/C16H14N2O/c19-16-13(11-18-14-6-2-1-3-7-14)9-8-12-5-4-10-17-15(12)16/h1-10,18-19H,11H2. The van der Waals surface area contributed by atoms with Crippen LogP contribution in [0.1, 0.15) is 5.56 Å².